The first-order chi connectivity index (χ1) is 15.1. The molecule has 176 valence electrons. The molecule has 0 spiro atoms. The summed E-state index contributed by atoms with van der Waals surface area (Å²) in [5.41, 5.74) is 0. The third-order valence-electron chi connectivity index (χ3n) is 7.03. The fraction of sp³-hybridized carbons (Fsp3) is 0.917. The molecule has 31 heavy (non-hydrogen) atoms. The minimum Gasteiger partial charge on any atom is -0.465 e. The van der Waals surface area contributed by atoms with Gasteiger partial charge in [0.25, 0.3) is 0 Å². The first-order valence-corrected chi connectivity index (χ1v) is 12.4. The van der Waals surface area contributed by atoms with E-state index in [-0.39, 0.29) is 24.1 Å². The van der Waals surface area contributed by atoms with Gasteiger partial charge in [0, 0.05) is 0 Å². The summed E-state index contributed by atoms with van der Waals surface area (Å²) < 4.78 is 27.9. The summed E-state index contributed by atoms with van der Waals surface area (Å²) in [7, 11) is 0. The van der Waals surface area contributed by atoms with E-state index in [1.165, 1.54) is 0 Å². The minimum absolute atomic E-state index is 0.0961. The second kappa shape index (κ2) is 10.6. The van der Waals surface area contributed by atoms with E-state index in [9.17, 15) is 9.59 Å². The average Bonchev–Trinajstić information content (AvgIpc) is 3.65. The highest BCUT2D eigenvalue weighted by atomic mass is 16.6. The number of epoxide rings is 3. The molecule has 4 rings (SSSR count). The normalized spacial score (nSPS) is 37.6. The molecule has 8 atom stereocenters. The van der Waals surface area contributed by atoms with Gasteiger partial charge >= 0.3 is 11.9 Å². The van der Waals surface area contributed by atoms with Crippen LogP contribution in [0, 0.1) is 11.8 Å². The summed E-state index contributed by atoms with van der Waals surface area (Å²) in [6, 6.07) is 0. The number of carbonyl (C=O) groups excluding carboxylic acids is 2. The maximum Gasteiger partial charge on any atom is 0.309 e. The van der Waals surface area contributed by atoms with Crippen molar-refractivity contribution in [1.29, 1.82) is 0 Å². The van der Waals surface area contributed by atoms with Crippen LogP contribution in [-0.4, -0.2) is 61.8 Å². The van der Waals surface area contributed by atoms with E-state index in [0.717, 1.165) is 51.4 Å². The zero-order valence-corrected chi connectivity index (χ0v) is 19.0. The smallest absolute Gasteiger partial charge is 0.309 e. The van der Waals surface area contributed by atoms with Crippen molar-refractivity contribution in [3.63, 3.8) is 0 Å². The Balaban J connectivity index is 1.14. The summed E-state index contributed by atoms with van der Waals surface area (Å²) in [5, 5.41) is 0. The van der Waals surface area contributed by atoms with Crippen LogP contribution in [0.3, 0.4) is 0 Å². The predicted molar refractivity (Wildman–Crippen MR) is 112 cm³/mol. The standard InChI is InChI=1S/C24H38O7/c1-3-7-17-19(29-17)9-5-11-27-23(25)15-13-21-22(31-21)14-16(15)24(26)28-12-6-10-20-18(30-20)8-4-2/h15-22H,3-14H2,1-2H3. The molecule has 0 N–H and O–H groups in total. The quantitative estimate of drug-likeness (QED) is 0.233. The lowest BCUT2D eigenvalue weighted by molar-refractivity contribution is -0.162. The first-order valence-electron chi connectivity index (χ1n) is 12.4. The van der Waals surface area contributed by atoms with Gasteiger partial charge in [0.15, 0.2) is 0 Å². The Morgan fingerprint density at radius 1 is 0.677 bits per heavy atom. The highest BCUT2D eigenvalue weighted by molar-refractivity contribution is 5.82. The second-order valence-electron chi connectivity index (χ2n) is 9.52. The molecule has 0 radical (unpaired) electrons. The molecular weight excluding hydrogens is 400 g/mol. The van der Waals surface area contributed by atoms with Gasteiger partial charge in [-0.1, -0.05) is 26.7 Å². The minimum atomic E-state index is -0.457. The van der Waals surface area contributed by atoms with E-state index in [1.807, 2.05) is 0 Å². The van der Waals surface area contributed by atoms with Crippen molar-refractivity contribution in [2.45, 2.75) is 115 Å². The van der Waals surface area contributed by atoms with Crippen molar-refractivity contribution in [3.05, 3.63) is 0 Å². The van der Waals surface area contributed by atoms with Crippen LogP contribution in [0.15, 0.2) is 0 Å². The SMILES string of the molecule is CCCC1OC1CCCOC(=O)C1CC2OC2CC1C(=O)OCCCC1OC1CCC. The maximum absolute atomic E-state index is 12.7. The van der Waals surface area contributed by atoms with Crippen LogP contribution in [0.4, 0.5) is 0 Å². The number of hydrogen-bond acceptors (Lipinski definition) is 7. The number of fused-ring (bicyclic) bond motifs is 1. The predicted octanol–water partition coefficient (Wildman–Crippen LogP) is 3.56. The lowest BCUT2D eigenvalue weighted by Crippen LogP contribution is -2.38. The van der Waals surface area contributed by atoms with Crippen LogP contribution < -0.4 is 0 Å². The fourth-order valence-electron chi connectivity index (χ4n) is 5.02. The van der Waals surface area contributed by atoms with Gasteiger partial charge in [0.2, 0.25) is 0 Å². The lowest BCUT2D eigenvalue weighted by atomic mass is 9.79. The Hall–Kier alpha value is -1.18. The zero-order chi connectivity index (χ0) is 21.8. The number of carbonyl (C=O) groups is 2. The zero-order valence-electron chi connectivity index (χ0n) is 19.0. The van der Waals surface area contributed by atoms with E-state index < -0.39 is 11.8 Å². The number of hydrogen-bond donors (Lipinski definition) is 0. The van der Waals surface area contributed by atoms with Crippen molar-refractivity contribution in [1.82, 2.24) is 0 Å². The molecule has 0 bridgehead atoms. The van der Waals surface area contributed by atoms with Crippen molar-refractivity contribution in [3.8, 4) is 0 Å². The Labute approximate surface area is 185 Å². The van der Waals surface area contributed by atoms with Gasteiger partial charge in [-0.15, -0.1) is 0 Å². The Morgan fingerprint density at radius 3 is 1.52 bits per heavy atom. The largest absolute Gasteiger partial charge is 0.465 e. The van der Waals surface area contributed by atoms with Crippen LogP contribution in [0.5, 0.6) is 0 Å². The van der Waals surface area contributed by atoms with Gasteiger partial charge in [0.05, 0.1) is 61.7 Å². The van der Waals surface area contributed by atoms with Crippen molar-refractivity contribution in [2.75, 3.05) is 13.2 Å². The van der Waals surface area contributed by atoms with Crippen LogP contribution in [-0.2, 0) is 33.3 Å². The molecule has 1 saturated carbocycles. The summed E-state index contributed by atoms with van der Waals surface area (Å²) in [6.45, 7) is 5.07. The molecule has 0 aromatic carbocycles. The fourth-order valence-corrected chi connectivity index (χ4v) is 5.02. The van der Waals surface area contributed by atoms with Crippen LogP contribution in [0.2, 0.25) is 0 Å². The molecular formula is C24H38O7. The number of ether oxygens (including phenoxy) is 5. The molecule has 0 aromatic heterocycles. The van der Waals surface area contributed by atoms with Gasteiger partial charge < -0.3 is 23.7 Å². The summed E-state index contributed by atoms with van der Waals surface area (Å²) >= 11 is 0. The van der Waals surface area contributed by atoms with Crippen LogP contribution in [0.25, 0.3) is 0 Å². The van der Waals surface area contributed by atoms with Crippen molar-refractivity contribution < 1.29 is 33.3 Å². The molecule has 3 heterocycles. The Kier molecular flexibility index (Phi) is 7.88. The highest BCUT2D eigenvalue weighted by Gasteiger charge is 2.53. The second-order valence-corrected chi connectivity index (χ2v) is 9.52. The average molecular weight is 439 g/mol. The van der Waals surface area contributed by atoms with E-state index in [2.05, 4.69) is 13.8 Å². The lowest BCUT2D eigenvalue weighted by Gasteiger charge is -2.26. The molecule has 8 unspecified atom stereocenters. The summed E-state index contributed by atoms with van der Waals surface area (Å²) in [6.07, 6.45) is 10.7. The highest BCUT2D eigenvalue weighted by Crippen LogP contribution is 2.44. The van der Waals surface area contributed by atoms with Crippen LogP contribution in [0.1, 0.15) is 78.1 Å². The van der Waals surface area contributed by atoms with Gasteiger partial charge in [-0.05, 0) is 51.4 Å². The van der Waals surface area contributed by atoms with Gasteiger partial charge in [-0.3, -0.25) is 9.59 Å². The van der Waals surface area contributed by atoms with E-state index >= 15 is 0 Å². The first kappa shape index (κ1) is 23.0. The number of rotatable bonds is 14. The van der Waals surface area contributed by atoms with Crippen LogP contribution >= 0.6 is 0 Å². The van der Waals surface area contributed by atoms with Gasteiger partial charge in [-0.25, -0.2) is 0 Å². The van der Waals surface area contributed by atoms with Crippen molar-refractivity contribution >= 4 is 11.9 Å². The molecule has 4 fully saturated rings. The molecule has 0 aromatic rings. The molecule has 4 aliphatic rings. The van der Waals surface area contributed by atoms with Gasteiger partial charge in [0.1, 0.15) is 0 Å². The topological polar surface area (TPSA) is 90.2 Å². The Bertz CT molecular complexity index is 571. The molecule has 3 aliphatic heterocycles. The number of esters is 2. The molecule has 3 saturated heterocycles. The van der Waals surface area contributed by atoms with E-state index in [1.54, 1.807) is 0 Å². The van der Waals surface area contributed by atoms with E-state index in [0.29, 0.717) is 50.5 Å². The summed E-state index contributed by atoms with van der Waals surface area (Å²) in [5.74, 6) is -1.48. The third-order valence-corrected chi connectivity index (χ3v) is 7.03. The van der Waals surface area contributed by atoms with E-state index in [4.69, 9.17) is 23.7 Å². The molecule has 7 nitrogen and oxygen atoms in total. The molecule has 0 amide bonds. The maximum atomic E-state index is 12.7. The summed E-state index contributed by atoms with van der Waals surface area (Å²) in [4.78, 5) is 25.4. The molecule has 1 aliphatic carbocycles. The third kappa shape index (κ3) is 6.42. The Morgan fingerprint density at radius 2 is 1.10 bits per heavy atom. The van der Waals surface area contributed by atoms with Gasteiger partial charge in [-0.2, -0.15) is 0 Å². The van der Waals surface area contributed by atoms with Crippen molar-refractivity contribution in [2.24, 2.45) is 11.8 Å². The monoisotopic (exact) mass is 438 g/mol. The molecule has 7 heteroatoms.